The van der Waals surface area contributed by atoms with Crippen LogP contribution in [0.15, 0.2) is 54.9 Å². The van der Waals surface area contributed by atoms with E-state index in [2.05, 4.69) is 25.3 Å². The summed E-state index contributed by atoms with van der Waals surface area (Å²) < 4.78 is 17.9. The zero-order valence-electron chi connectivity index (χ0n) is 13.7. The largest absolute Gasteiger partial charge is 0.465 e. The highest BCUT2D eigenvalue weighted by molar-refractivity contribution is 6.31. The number of hydrogen-bond donors (Lipinski definition) is 2. The summed E-state index contributed by atoms with van der Waals surface area (Å²) in [7, 11) is 1.33. The van der Waals surface area contributed by atoms with Crippen molar-refractivity contribution in [1.29, 1.82) is 0 Å². The SMILES string of the molecule is COC(=O)c1ccc(Nc2cc(Nc3ccc(F)c(Cl)c3)ncn2)cc1. The summed E-state index contributed by atoms with van der Waals surface area (Å²) in [6, 6.07) is 12.8. The minimum absolute atomic E-state index is 0.0214. The molecule has 0 spiro atoms. The van der Waals surface area contributed by atoms with Crippen LogP contribution in [0.25, 0.3) is 0 Å². The second-order valence-electron chi connectivity index (χ2n) is 5.24. The van der Waals surface area contributed by atoms with Crippen LogP contribution in [0.2, 0.25) is 5.02 Å². The van der Waals surface area contributed by atoms with Crippen LogP contribution in [0.4, 0.5) is 27.4 Å². The normalized spacial score (nSPS) is 10.3. The fraction of sp³-hybridized carbons (Fsp3) is 0.0556. The number of nitrogens with one attached hydrogen (secondary N) is 2. The lowest BCUT2D eigenvalue weighted by Crippen LogP contribution is -2.01. The average Bonchev–Trinajstić information content (AvgIpc) is 2.65. The predicted molar refractivity (Wildman–Crippen MR) is 97.8 cm³/mol. The van der Waals surface area contributed by atoms with Crippen LogP contribution in [0.5, 0.6) is 0 Å². The van der Waals surface area contributed by atoms with Crippen molar-refractivity contribution in [2.45, 2.75) is 0 Å². The molecule has 8 heteroatoms. The molecule has 0 aliphatic rings. The van der Waals surface area contributed by atoms with Crippen molar-refractivity contribution >= 4 is 40.6 Å². The second kappa shape index (κ2) is 7.79. The summed E-state index contributed by atoms with van der Waals surface area (Å²) in [6.45, 7) is 0. The Kier molecular flexibility index (Phi) is 5.28. The van der Waals surface area contributed by atoms with Crippen LogP contribution < -0.4 is 10.6 Å². The lowest BCUT2D eigenvalue weighted by Gasteiger charge is -2.09. The van der Waals surface area contributed by atoms with Crippen LogP contribution in [-0.2, 0) is 4.74 Å². The Balaban J connectivity index is 1.72. The van der Waals surface area contributed by atoms with Crippen molar-refractivity contribution < 1.29 is 13.9 Å². The molecule has 0 saturated heterocycles. The first-order valence-corrected chi connectivity index (χ1v) is 7.92. The number of nitrogens with zero attached hydrogens (tertiary/aromatic N) is 2. The number of benzene rings is 2. The summed E-state index contributed by atoms with van der Waals surface area (Å²) in [4.78, 5) is 19.7. The first-order valence-electron chi connectivity index (χ1n) is 7.54. The van der Waals surface area contributed by atoms with Crippen LogP contribution in [0.3, 0.4) is 0 Å². The van der Waals surface area contributed by atoms with E-state index >= 15 is 0 Å². The molecule has 0 amide bonds. The minimum atomic E-state index is -0.488. The highest BCUT2D eigenvalue weighted by Gasteiger charge is 2.06. The Hall–Kier alpha value is -3.19. The molecular weight excluding hydrogens is 359 g/mol. The second-order valence-corrected chi connectivity index (χ2v) is 5.64. The molecule has 1 aromatic heterocycles. The van der Waals surface area contributed by atoms with Crippen molar-refractivity contribution in [1.82, 2.24) is 9.97 Å². The summed E-state index contributed by atoms with van der Waals surface area (Å²) in [5, 5.41) is 6.15. The molecule has 132 valence electrons. The number of carbonyl (C=O) groups excluding carboxylic acids is 1. The van der Waals surface area contributed by atoms with Gasteiger partial charge in [-0.3, -0.25) is 0 Å². The van der Waals surface area contributed by atoms with E-state index in [4.69, 9.17) is 11.6 Å². The van der Waals surface area contributed by atoms with Gasteiger partial charge in [-0.2, -0.15) is 0 Å². The van der Waals surface area contributed by atoms with E-state index in [0.717, 1.165) is 5.69 Å². The summed E-state index contributed by atoms with van der Waals surface area (Å²) in [5.74, 6) is 0.165. The number of methoxy groups -OCH3 is 1. The van der Waals surface area contributed by atoms with E-state index < -0.39 is 11.8 Å². The van der Waals surface area contributed by atoms with E-state index in [9.17, 15) is 9.18 Å². The molecule has 3 aromatic rings. The van der Waals surface area contributed by atoms with Crippen LogP contribution in [-0.4, -0.2) is 23.0 Å². The third-order valence-electron chi connectivity index (χ3n) is 3.44. The van der Waals surface area contributed by atoms with E-state index in [1.807, 2.05) is 0 Å². The van der Waals surface area contributed by atoms with E-state index in [1.165, 1.54) is 25.6 Å². The minimum Gasteiger partial charge on any atom is -0.465 e. The number of ether oxygens (including phenoxy) is 1. The summed E-state index contributed by atoms with van der Waals surface area (Å²) in [5.41, 5.74) is 1.80. The first kappa shape index (κ1) is 17.6. The molecule has 6 nitrogen and oxygen atoms in total. The van der Waals surface area contributed by atoms with Gasteiger partial charge in [0.2, 0.25) is 0 Å². The van der Waals surface area contributed by atoms with Gasteiger partial charge >= 0.3 is 5.97 Å². The molecule has 0 radical (unpaired) electrons. The molecule has 0 bridgehead atoms. The van der Waals surface area contributed by atoms with Gasteiger partial charge in [0, 0.05) is 17.4 Å². The van der Waals surface area contributed by atoms with Crippen molar-refractivity contribution in [2.75, 3.05) is 17.7 Å². The van der Waals surface area contributed by atoms with Crippen molar-refractivity contribution in [3.8, 4) is 0 Å². The van der Waals surface area contributed by atoms with Crippen LogP contribution >= 0.6 is 11.6 Å². The molecule has 1 heterocycles. The Morgan fingerprint density at radius 1 is 1.00 bits per heavy atom. The molecule has 0 unspecified atom stereocenters. The van der Waals surface area contributed by atoms with E-state index in [1.54, 1.807) is 36.4 Å². The topological polar surface area (TPSA) is 76.1 Å². The summed E-state index contributed by atoms with van der Waals surface area (Å²) >= 11 is 5.77. The fourth-order valence-corrected chi connectivity index (χ4v) is 2.35. The number of halogens is 2. The lowest BCUT2D eigenvalue weighted by molar-refractivity contribution is 0.0601. The highest BCUT2D eigenvalue weighted by Crippen LogP contribution is 2.23. The van der Waals surface area contributed by atoms with Gasteiger partial charge in [-0.25, -0.2) is 19.2 Å². The highest BCUT2D eigenvalue weighted by atomic mass is 35.5. The van der Waals surface area contributed by atoms with Gasteiger partial charge in [-0.15, -0.1) is 0 Å². The van der Waals surface area contributed by atoms with Gasteiger partial charge in [-0.05, 0) is 42.5 Å². The number of hydrogen-bond acceptors (Lipinski definition) is 6. The average molecular weight is 373 g/mol. The number of rotatable bonds is 5. The molecule has 0 saturated carbocycles. The number of esters is 1. The molecule has 0 atom stereocenters. The molecule has 2 aromatic carbocycles. The molecule has 0 aliphatic carbocycles. The maximum atomic E-state index is 13.2. The predicted octanol–water partition coefficient (Wildman–Crippen LogP) is 4.54. The van der Waals surface area contributed by atoms with Crippen molar-refractivity contribution in [3.63, 3.8) is 0 Å². The number of carbonyl (C=O) groups is 1. The van der Waals surface area contributed by atoms with Gasteiger partial charge in [-0.1, -0.05) is 11.6 Å². The smallest absolute Gasteiger partial charge is 0.337 e. The number of anilines is 4. The quantitative estimate of drug-likeness (QED) is 0.640. The van der Waals surface area contributed by atoms with Gasteiger partial charge in [0.15, 0.2) is 0 Å². The zero-order valence-corrected chi connectivity index (χ0v) is 14.4. The third kappa shape index (κ3) is 4.25. The maximum Gasteiger partial charge on any atom is 0.337 e. The molecule has 3 rings (SSSR count). The maximum absolute atomic E-state index is 13.2. The van der Waals surface area contributed by atoms with Crippen LogP contribution in [0.1, 0.15) is 10.4 Å². The lowest BCUT2D eigenvalue weighted by atomic mass is 10.2. The molecule has 2 N–H and O–H groups in total. The molecular formula is C18H14ClFN4O2. The van der Waals surface area contributed by atoms with Gasteiger partial charge in [0.1, 0.15) is 23.8 Å². The molecule has 0 fully saturated rings. The molecule has 0 aliphatic heterocycles. The van der Waals surface area contributed by atoms with Gasteiger partial charge < -0.3 is 15.4 Å². The van der Waals surface area contributed by atoms with Gasteiger partial charge in [0.05, 0.1) is 17.7 Å². The van der Waals surface area contributed by atoms with E-state index in [-0.39, 0.29) is 5.02 Å². The van der Waals surface area contributed by atoms with Crippen molar-refractivity contribution in [3.05, 3.63) is 71.3 Å². The van der Waals surface area contributed by atoms with Gasteiger partial charge in [0.25, 0.3) is 0 Å². The standard InChI is InChI=1S/C18H14ClFN4O2/c1-26-18(25)11-2-4-12(5-3-11)23-16-9-17(22-10-21-16)24-13-6-7-15(20)14(19)8-13/h2-10H,1H3,(H2,21,22,23,24). The Bertz CT molecular complexity index is 935. The summed E-state index contributed by atoms with van der Waals surface area (Å²) in [6.07, 6.45) is 1.39. The van der Waals surface area contributed by atoms with Crippen LogP contribution in [0, 0.1) is 5.82 Å². The first-order chi connectivity index (χ1) is 12.5. The van der Waals surface area contributed by atoms with E-state index in [0.29, 0.717) is 22.9 Å². The Labute approximate surface area is 154 Å². The monoisotopic (exact) mass is 372 g/mol. The van der Waals surface area contributed by atoms with Crippen molar-refractivity contribution in [2.24, 2.45) is 0 Å². The number of aromatic nitrogens is 2. The fourth-order valence-electron chi connectivity index (χ4n) is 2.17. The molecule has 26 heavy (non-hydrogen) atoms. The third-order valence-corrected chi connectivity index (χ3v) is 3.73. The Morgan fingerprint density at radius 3 is 2.23 bits per heavy atom. The Morgan fingerprint density at radius 2 is 1.62 bits per heavy atom. The zero-order chi connectivity index (χ0) is 18.5.